The van der Waals surface area contributed by atoms with Crippen molar-refractivity contribution in [3.05, 3.63) is 11.1 Å². The first-order valence-corrected chi connectivity index (χ1v) is 8.10. The van der Waals surface area contributed by atoms with Gasteiger partial charge < -0.3 is 15.1 Å². The highest BCUT2D eigenvalue weighted by Crippen LogP contribution is 2.27. The van der Waals surface area contributed by atoms with Crippen LogP contribution in [0.2, 0.25) is 0 Å². The van der Waals surface area contributed by atoms with Crippen LogP contribution in [0.25, 0.3) is 0 Å². The second-order valence-electron chi connectivity index (χ2n) is 5.52. The van der Waals surface area contributed by atoms with E-state index in [4.69, 9.17) is 4.98 Å². The first kappa shape index (κ1) is 14.8. The monoisotopic (exact) mass is 282 g/mol. The molecular weight excluding hydrogens is 256 g/mol. The van der Waals surface area contributed by atoms with Crippen LogP contribution >= 0.6 is 11.3 Å². The van der Waals surface area contributed by atoms with Crippen LogP contribution in [0, 0.1) is 0 Å². The molecule has 1 atom stereocenters. The van der Waals surface area contributed by atoms with Crippen molar-refractivity contribution in [2.75, 3.05) is 38.6 Å². The van der Waals surface area contributed by atoms with Gasteiger partial charge in [-0.1, -0.05) is 6.92 Å². The molecule has 19 heavy (non-hydrogen) atoms. The van der Waals surface area contributed by atoms with Crippen LogP contribution in [0.4, 0.5) is 5.13 Å². The standard InChI is InChI=1S/C14H26N4S/c1-5-15-11(2)13-10-19-14(16-13)18-8-6-12(7-9-18)17(3)4/h10-12,15H,5-9H2,1-4H3. The van der Waals surface area contributed by atoms with Crippen LogP contribution in [0.3, 0.4) is 0 Å². The third kappa shape index (κ3) is 3.68. The Morgan fingerprint density at radius 3 is 2.74 bits per heavy atom. The van der Waals surface area contributed by atoms with Crippen molar-refractivity contribution in [1.29, 1.82) is 0 Å². The van der Waals surface area contributed by atoms with E-state index in [1.54, 1.807) is 11.3 Å². The summed E-state index contributed by atoms with van der Waals surface area (Å²) < 4.78 is 0. The summed E-state index contributed by atoms with van der Waals surface area (Å²) in [6.45, 7) is 7.56. The first-order chi connectivity index (χ1) is 9.11. The molecule has 0 bridgehead atoms. The minimum absolute atomic E-state index is 0.356. The third-order valence-corrected chi connectivity index (χ3v) is 4.85. The van der Waals surface area contributed by atoms with Crippen molar-refractivity contribution in [1.82, 2.24) is 15.2 Å². The molecule has 1 aliphatic heterocycles. The molecule has 1 N–H and O–H groups in total. The molecule has 1 aliphatic rings. The largest absolute Gasteiger partial charge is 0.348 e. The van der Waals surface area contributed by atoms with E-state index < -0.39 is 0 Å². The molecule has 1 aromatic heterocycles. The van der Waals surface area contributed by atoms with Crippen molar-refractivity contribution in [2.24, 2.45) is 0 Å². The minimum atomic E-state index is 0.356. The molecule has 0 amide bonds. The lowest BCUT2D eigenvalue weighted by molar-refractivity contribution is 0.249. The fourth-order valence-electron chi connectivity index (χ4n) is 2.60. The van der Waals surface area contributed by atoms with Crippen LogP contribution < -0.4 is 10.2 Å². The molecule has 2 heterocycles. The molecule has 1 saturated heterocycles. The number of nitrogens with zero attached hydrogens (tertiary/aromatic N) is 3. The molecule has 0 spiro atoms. The van der Waals surface area contributed by atoms with Gasteiger partial charge in [-0.3, -0.25) is 0 Å². The Morgan fingerprint density at radius 1 is 1.47 bits per heavy atom. The average Bonchev–Trinajstić information content (AvgIpc) is 2.89. The normalized spacial score (nSPS) is 19.1. The number of anilines is 1. The molecular formula is C14H26N4S. The molecule has 0 radical (unpaired) electrons. The molecule has 4 nitrogen and oxygen atoms in total. The highest BCUT2D eigenvalue weighted by atomic mass is 32.1. The van der Waals surface area contributed by atoms with Crippen LogP contribution in [0.15, 0.2) is 5.38 Å². The van der Waals surface area contributed by atoms with Gasteiger partial charge in [0.15, 0.2) is 5.13 Å². The zero-order valence-corrected chi connectivity index (χ0v) is 13.3. The summed E-state index contributed by atoms with van der Waals surface area (Å²) >= 11 is 1.78. The van der Waals surface area contributed by atoms with Gasteiger partial charge in [0, 0.05) is 30.6 Å². The number of piperidine rings is 1. The van der Waals surface area contributed by atoms with E-state index in [1.807, 2.05) is 0 Å². The lowest BCUT2D eigenvalue weighted by Gasteiger charge is -2.35. The smallest absolute Gasteiger partial charge is 0.185 e. The lowest BCUT2D eigenvalue weighted by Crippen LogP contribution is -2.42. The maximum atomic E-state index is 4.79. The Labute approximate surface area is 120 Å². The SMILES string of the molecule is CCNC(C)c1csc(N2CCC(N(C)C)CC2)n1. The van der Waals surface area contributed by atoms with Crippen molar-refractivity contribution in [3.63, 3.8) is 0 Å². The zero-order valence-electron chi connectivity index (χ0n) is 12.5. The lowest BCUT2D eigenvalue weighted by atomic mass is 10.0. The molecule has 0 aliphatic carbocycles. The molecule has 5 heteroatoms. The fourth-order valence-corrected chi connectivity index (χ4v) is 3.58. The van der Waals surface area contributed by atoms with E-state index in [1.165, 1.54) is 23.7 Å². The number of nitrogens with one attached hydrogen (secondary N) is 1. The van der Waals surface area contributed by atoms with Crippen molar-refractivity contribution >= 4 is 16.5 Å². The van der Waals surface area contributed by atoms with Gasteiger partial charge in [-0.25, -0.2) is 4.98 Å². The van der Waals surface area contributed by atoms with Crippen molar-refractivity contribution in [2.45, 2.75) is 38.8 Å². The summed E-state index contributed by atoms with van der Waals surface area (Å²) in [5.41, 5.74) is 1.18. The molecule has 1 unspecified atom stereocenters. The molecule has 1 fully saturated rings. The number of thiazole rings is 1. The summed E-state index contributed by atoms with van der Waals surface area (Å²) in [6, 6.07) is 1.09. The van der Waals surface area contributed by atoms with Gasteiger partial charge in [-0.05, 0) is 40.4 Å². The minimum Gasteiger partial charge on any atom is -0.348 e. The maximum absolute atomic E-state index is 4.79. The highest BCUT2D eigenvalue weighted by molar-refractivity contribution is 7.13. The van der Waals surface area contributed by atoms with Crippen LogP contribution in [0.5, 0.6) is 0 Å². The molecule has 0 saturated carbocycles. The third-order valence-electron chi connectivity index (χ3n) is 3.93. The molecule has 0 aromatic carbocycles. The van der Waals surface area contributed by atoms with Crippen LogP contribution in [0.1, 0.15) is 38.4 Å². The van der Waals surface area contributed by atoms with E-state index in [2.05, 4.69) is 48.4 Å². The van der Waals surface area contributed by atoms with Gasteiger partial charge >= 0.3 is 0 Å². The molecule has 1 aromatic rings. The maximum Gasteiger partial charge on any atom is 0.185 e. The van der Waals surface area contributed by atoms with Gasteiger partial charge in [0.25, 0.3) is 0 Å². The van der Waals surface area contributed by atoms with Gasteiger partial charge in [-0.2, -0.15) is 0 Å². The van der Waals surface area contributed by atoms with Crippen molar-refractivity contribution < 1.29 is 0 Å². The Hall–Kier alpha value is -0.650. The first-order valence-electron chi connectivity index (χ1n) is 7.22. The summed E-state index contributed by atoms with van der Waals surface area (Å²) in [5.74, 6) is 0. The van der Waals surface area contributed by atoms with E-state index in [-0.39, 0.29) is 0 Å². The summed E-state index contributed by atoms with van der Waals surface area (Å²) in [6.07, 6.45) is 2.48. The van der Waals surface area contributed by atoms with Crippen molar-refractivity contribution in [3.8, 4) is 0 Å². The Kier molecular flexibility index (Phi) is 5.19. The van der Waals surface area contributed by atoms with Crippen LogP contribution in [-0.4, -0.2) is 49.7 Å². The Balaban J connectivity index is 1.93. The quantitative estimate of drug-likeness (QED) is 0.898. The fraction of sp³-hybridized carbons (Fsp3) is 0.786. The predicted molar refractivity (Wildman–Crippen MR) is 83.1 cm³/mol. The van der Waals surface area contributed by atoms with E-state index >= 15 is 0 Å². The zero-order chi connectivity index (χ0) is 13.8. The van der Waals surface area contributed by atoms with E-state index in [0.717, 1.165) is 25.7 Å². The Morgan fingerprint density at radius 2 is 2.16 bits per heavy atom. The highest BCUT2D eigenvalue weighted by Gasteiger charge is 2.22. The Bertz CT molecular complexity index is 383. The van der Waals surface area contributed by atoms with E-state index in [0.29, 0.717) is 6.04 Å². The van der Waals surface area contributed by atoms with Gasteiger partial charge in [0.2, 0.25) is 0 Å². The molecule has 2 rings (SSSR count). The van der Waals surface area contributed by atoms with Gasteiger partial charge in [0.1, 0.15) is 0 Å². The van der Waals surface area contributed by atoms with Gasteiger partial charge in [0.05, 0.1) is 5.69 Å². The second-order valence-corrected chi connectivity index (χ2v) is 6.35. The summed E-state index contributed by atoms with van der Waals surface area (Å²) in [5, 5.41) is 6.81. The summed E-state index contributed by atoms with van der Waals surface area (Å²) in [7, 11) is 4.36. The molecule has 108 valence electrons. The second kappa shape index (κ2) is 6.68. The predicted octanol–water partition coefficient (Wildman–Crippen LogP) is 2.34. The average molecular weight is 282 g/mol. The number of hydrogen-bond donors (Lipinski definition) is 1. The van der Waals surface area contributed by atoms with E-state index in [9.17, 15) is 0 Å². The topological polar surface area (TPSA) is 31.4 Å². The summed E-state index contributed by atoms with van der Waals surface area (Å²) in [4.78, 5) is 9.57. The van der Waals surface area contributed by atoms with Crippen LogP contribution in [-0.2, 0) is 0 Å². The van der Waals surface area contributed by atoms with Gasteiger partial charge in [-0.15, -0.1) is 11.3 Å². The number of aromatic nitrogens is 1. The number of hydrogen-bond acceptors (Lipinski definition) is 5. The number of rotatable bonds is 5.